The van der Waals surface area contributed by atoms with E-state index in [9.17, 15) is 0 Å². The Kier molecular flexibility index (Phi) is 3.44. The van der Waals surface area contributed by atoms with Crippen molar-refractivity contribution in [3.63, 3.8) is 0 Å². The fraction of sp³-hybridized carbons (Fsp3) is 0.0625. The summed E-state index contributed by atoms with van der Waals surface area (Å²) in [6, 6.07) is 12.8. The fourth-order valence-electron chi connectivity index (χ4n) is 2.21. The lowest BCUT2D eigenvalue weighted by atomic mass is 10.2. The topological polar surface area (TPSA) is 69.2 Å². The number of rotatable bonds is 3. The number of nitrogens with one attached hydrogen (secondary N) is 1. The molecule has 0 saturated carbocycles. The standard InChI is InChI=1S/C16H11ClN4O2/c17-14-8-15(21-16(20-14)11-3-1-2-6-18-11)19-10-4-5-12-13(7-10)23-9-22-12/h1-8H,9H2,(H,19,20,21). The number of hydrogen-bond acceptors (Lipinski definition) is 6. The predicted molar refractivity (Wildman–Crippen MR) is 86.1 cm³/mol. The number of aromatic nitrogens is 3. The van der Waals surface area contributed by atoms with E-state index in [1.54, 1.807) is 12.3 Å². The molecule has 7 heteroatoms. The molecule has 4 rings (SSSR count). The maximum atomic E-state index is 6.10. The quantitative estimate of drug-likeness (QED) is 0.741. The highest BCUT2D eigenvalue weighted by atomic mass is 35.5. The highest BCUT2D eigenvalue weighted by Gasteiger charge is 2.14. The second-order valence-electron chi connectivity index (χ2n) is 4.81. The Morgan fingerprint density at radius 3 is 2.78 bits per heavy atom. The van der Waals surface area contributed by atoms with Gasteiger partial charge in [0.15, 0.2) is 17.3 Å². The van der Waals surface area contributed by atoms with Crippen LogP contribution in [0.2, 0.25) is 5.15 Å². The van der Waals surface area contributed by atoms with E-state index in [2.05, 4.69) is 20.3 Å². The Labute approximate surface area is 137 Å². The number of pyridine rings is 1. The summed E-state index contributed by atoms with van der Waals surface area (Å²) in [6.07, 6.45) is 1.69. The minimum absolute atomic E-state index is 0.238. The van der Waals surface area contributed by atoms with Crippen LogP contribution in [0.5, 0.6) is 11.5 Å². The molecule has 0 spiro atoms. The predicted octanol–water partition coefficient (Wildman–Crippen LogP) is 3.66. The highest BCUT2D eigenvalue weighted by Crippen LogP contribution is 2.35. The molecule has 6 nitrogen and oxygen atoms in total. The first-order chi connectivity index (χ1) is 11.3. The highest BCUT2D eigenvalue weighted by molar-refractivity contribution is 6.29. The van der Waals surface area contributed by atoms with Crippen LogP contribution in [0, 0.1) is 0 Å². The first-order valence-corrected chi connectivity index (χ1v) is 7.28. The monoisotopic (exact) mass is 326 g/mol. The van der Waals surface area contributed by atoms with Crippen LogP contribution in [-0.4, -0.2) is 21.7 Å². The van der Waals surface area contributed by atoms with Crippen molar-refractivity contribution >= 4 is 23.1 Å². The first-order valence-electron chi connectivity index (χ1n) is 6.90. The molecule has 3 heterocycles. The van der Waals surface area contributed by atoms with Gasteiger partial charge >= 0.3 is 0 Å². The van der Waals surface area contributed by atoms with Gasteiger partial charge in [-0.2, -0.15) is 0 Å². The van der Waals surface area contributed by atoms with E-state index >= 15 is 0 Å². The Morgan fingerprint density at radius 1 is 1.00 bits per heavy atom. The van der Waals surface area contributed by atoms with E-state index in [0.29, 0.717) is 28.2 Å². The van der Waals surface area contributed by atoms with Gasteiger partial charge in [0.25, 0.3) is 0 Å². The average Bonchev–Trinajstić information content (AvgIpc) is 3.03. The average molecular weight is 327 g/mol. The summed E-state index contributed by atoms with van der Waals surface area (Å²) >= 11 is 6.10. The van der Waals surface area contributed by atoms with E-state index in [4.69, 9.17) is 21.1 Å². The lowest BCUT2D eigenvalue weighted by Crippen LogP contribution is -1.98. The third kappa shape index (κ3) is 2.89. The van der Waals surface area contributed by atoms with Crippen LogP contribution in [0.1, 0.15) is 0 Å². The van der Waals surface area contributed by atoms with Gasteiger partial charge in [-0.25, -0.2) is 9.97 Å². The molecular weight excluding hydrogens is 316 g/mol. The summed E-state index contributed by atoms with van der Waals surface area (Å²) in [5.74, 6) is 2.46. The molecule has 0 saturated heterocycles. The summed E-state index contributed by atoms with van der Waals surface area (Å²) in [4.78, 5) is 12.9. The normalized spacial score (nSPS) is 12.2. The summed E-state index contributed by atoms with van der Waals surface area (Å²) in [5.41, 5.74) is 1.47. The molecule has 1 aromatic carbocycles. The molecule has 0 amide bonds. The number of ether oxygens (including phenoxy) is 2. The van der Waals surface area contributed by atoms with Crippen LogP contribution < -0.4 is 14.8 Å². The second kappa shape index (κ2) is 5.73. The summed E-state index contributed by atoms with van der Waals surface area (Å²) in [6.45, 7) is 0.238. The molecular formula is C16H11ClN4O2. The van der Waals surface area contributed by atoms with E-state index in [0.717, 1.165) is 11.4 Å². The number of halogens is 1. The third-order valence-electron chi connectivity index (χ3n) is 3.23. The van der Waals surface area contributed by atoms with Crippen molar-refractivity contribution in [2.45, 2.75) is 0 Å². The molecule has 1 aliphatic heterocycles. The van der Waals surface area contributed by atoms with E-state index in [-0.39, 0.29) is 6.79 Å². The van der Waals surface area contributed by atoms with Crippen LogP contribution in [0.15, 0.2) is 48.7 Å². The molecule has 0 bridgehead atoms. The Bertz CT molecular complexity index is 858. The van der Waals surface area contributed by atoms with Crippen molar-refractivity contribution in [3.05, 3.63) is 53.8 Å². The van der Waals surface area contributed by atoms with Gasteiger partial charge in [-0.05, 0) is 24.3 Å². The van der Waals surface area contributed by atoms with Gasteiger partial charge in [0, 0.05) is 24.0 Å². The van der Waals surface area contributed by atoms with Gasteiger partial charge in [-0.3, -0.25) is 4.98 Å². The minimum Gasteiger partial charge on any atom is -0.454 e. The van der Waals surface area contributed by atoms with E-state index in [1.807, 2.05) is 36.4 Å². The lowest BCUT2D eigenvalue weighted by molar-refractivity contribution is 0.174. The molecule has 1 N–H and O–H groups in total. The van der Waals surface area contributed by atoms with Crippen molar-refractivity contribution < 1.29 is 9.47 Å². The van der Waals surface area contributed by atoms with Gasteiger partial charge in [0.05, 0.1) is 0 Å². The van der Waals surface area contributed by atoms with Crippen molar-refractivity contribution in [1.29, 1.82) is 0 Å². The Morgan fingerprint density at radius 2 is 1.91 bits per heavy atom. The van der Waals surface area contributed by atoms with Gasteiger partial charge in [-0.15, -0.1) is 0 Å². The SMILES string of the molecule is Clc1cc(Nc2ccc3c(c2)OCO3)nc(-c2ccccn2)n1. The maximum Gasteiger partial charge on any atom is 0.231 e. The van der Waals surface area contributed by atoms with Crippen molar-refractivity contribution in [1.82, 2.24) is 15.0 Å². The molecule has 0 unspecified atom stereocenters. The zero-order valence-corrected chi connectivity index (χ0v) is 12.6. The molecule has 0 atom stereocenters. The summed E-state index contributed by atoms with van der Waals surface area (Å²) < 4.78 is 10.7. The van der Waals surface area contributed by atoms with Crippen molar-refractivity contribution in [2.75, 3.05) is 12.1 Å². The second-order valence-corrected chi connectivity index (χ2v) is 5.19. The van der Waals surface area contributed by atoms with Crippen molar-refractivity contribution in [2.24, 2.45) is 0 Å². The number of hydrogen-bond donors (Lipinski definition) is 1. The molecule has 1 aliphatic rings. The largest absolute Gasteiger partial charge is 0.454 e. The van der Waals surface area contributed by atoms with Crippen molar-refractivity contribution in [3.8, 4) is 23.0 Å². The number of benzene rings is 1. The van der Waals surface area contributed by atoms with Gasteiger partial charge < -0.3 is 14.8 Å². The number of nitrogens with zero attached hydrogens (tertiary/aromatic N) is 3. The molecule has 3 aromatic rings. The van der Waals surface area contributed by atoms with Crippen LogP contribution >= 0.6 is 11.6 Å². The summed E-state index contributed by atoms with van der Waals surface area (Å²) in [7, 11) is 0. The third-order valence-corrected chi connectivity index (χ3v) is 3.43. The first kappa shape index (κ1) is 13.8. The maximum absolute atomic E-state index is 6.10. The van der Waals surface area contributed by atoms with E-state index in [1.165, 1.54) is 0 Å². The smallest absolute Gasteiger partial charge is 0.231 e. The molecule has 0 aliphatic carbocycles. The molecule has 0 fully saturated rings. The van der Waals surface area contributed by atoms with Gasteiger partial charge in [0.1, 0.15) is 16.7 Å². The molecule has 2 aromatic heterocycles. The van der Waals surface area contributed by atoms with E-state index < -0.39 is 0 Å². The Hall–Kier alpha value is -2.86. The van der Waals surface area contributed by atoms with Crippen LogP contribution in [0.3, 0.4) is 0 Å². The molecule has 114 valence electrons. The summed E-state index contributed by atoms with van der Waals surface area (Å²) in [5, 5.41) is 3.52. The lowest BCUT2D eigenvalue weighted by Gasteiger charge is -2.08. The van der Waals surface area contributed by atoms with Crippen LogP contribution in [-0.2, 0) is 0 Å². The molecule has 23 heavy (non-hydrogen) atoms. The van der Waals surface area contributed by atoms with Crippen LogP contribution in [0.4, 0.5) is 11.5 Å². The van der Waals surface area contributed by atoms with Crippen LogP contribution in [0.25, 0.3) is 11.5 Å². The van der Waals surface area contributed by atoms with Gasteiger partial charge in [-0.1, -0.05) is 17.7 Å². The zero-order chi connectivity index (χ0) is 15.6. The number of fused-ring (bicyclic) bond motifs is 1. The van der Waals surface area contributed by atoms with Gasteiger partial charge in [0.2, 0.25) is 6.79 Å². The Balaban J connectivity index is 1.65. The molecule has 0 radical (unpaired) electrons. The zero-order valence-electron chi connectivity index (χ0n) is 11.9. The minimum atomic E-state index is 0.238. The number of anilines is 2. The fourth-order valence-corrected chi connectivity index (χ4v) is 2.40.